The number of morpholine rings is 1. The summed E-state index contributed by atoms with van der Waals surface area (Å²) in [5.74, 6) is -0.235. The summed E-state index contributed by atoms with van der Waals surface area (Å²) in [5.41, 5.74) is 2.66. The number of nitrogens with zero attached hydrogens (tertiary/aromatic N) is 1. The van der Waals surface area contributed by atoms with Crippen molar-refractivity contribution < 1.29 is 14.3 Å². The molecule has 0 atom stereocenters. The summed E-state index contributed by atoms with van der Waals surface area (Å²) in [4.78, 5) is 30.3. The van der Waals surface area contributed by atoms with Crippen molar-refractivity contribution in [1.82, 2.24) is 9.88 Å². The van der Waals surface area contributed by atoms with Crippen LogP contribution in [0.1, 0.15) is 20.8 Å². The van der Waals surface area contributed by atoms with Crippen molar-refractivity contribution in [2.45, 2.75) is 0 Å². The van der Waals surface area contributed by atoms with Gasteiger partial charge >= 0.3 is 0 Å². The number of amides is 2. The zero-order valence-corrected chi connectivity index (χ0v) is 16.4. The second-order valence-corrected chi connectivity index (χ2v) is 7.37. The van der Waals surface area contributed by atoms with Crippen molar-refractivity contribution in [3.63, 3.8) is 0 Å². The zero-order valence-electron chi connectivity index (χ0n) is 16.4. The van der Waals surface area contributed by atoms with Crippen molar-refractivity contribution in [3.05, 3.63) is 78.0 Å². The lowest BCUT2D eigenvalue weighted by Gasteiger charge is -2.26. The van der Waals surface area contributed by atoms with Gasteiger partial charge in [0, 0.05) is 35.2 Å². The Hall–Kier alpha value is -3.64. The van der Waals surface area contributed by atoms with Gasteiger partial charge in [0.15, 0.2) is 0 Å². The van der Waals surface area contributed by atoms with E-state index in [1.807, 2.05) is 30.3 Å². The highest BCUT2D eigenvalue weighted by Crippen LogP contribution is 2.26. The van der Waals surface area contributed by atoms with E-state index in [4.69, 9.17) is 4.74 Å². The van der Waals surface area contributed by atoms with Crippen LogP contribution < -0.4 is 5.32 Å². The molecule has 0 unspecified atom stereocenters. The van der Waals surface area contributed by atoms with Crippen LogP contribution in [0.3, 0.4) is 0 Å². The molecule has 1 aromatic heterocycles. The first-order valence-electron chi connectivity index (χ1n) is 9.98. The normalized spacial score (nSPS) is 14.2. The van der Waals surface area contributed by atoms with Crippen LogP contribution >= 0.6 is 0 Å². The Morgan fingerprint density at radius 1 is 0.900 bits per heavy atom. The minimum absolute atomic E-state index is 0.0151. The molecule has 6 nitrogen and oxygen atoms in total. The number of aromatic amines is 1. The molecule has 2 amide bonds. The fraction of sp³-hybridized carbons (Fsp3) is 0.167. The van der Waals surface area contributed by atoms with E-state index in [0.717, 1.165) is 21.7 Å². The number of hydrogen-bond donors (Lipinski definition) is 2. The number of ether oxygens (including phenoxy) is 1. The number of hydrogen-bond acceptors (Lipinski definition) is 3. The topological polar surface area (TPSA) is 74.4 Å². The minimum Gasteiger partial charge on any atom is -0.378 e. The third-order valence-electron chi connectivity index (χ3n) is 5.46. The van der Waals surface area contributed by atoms with E-state index in [-0.39, 0.29) is 11.8 Å². The number of rotatable bonds is 3. The summed E-state index contributed by atoms with van der Waals surface area (Å²) in [6, 6.07) is 21.0. The molecule has 1 aliphatic heterocycles. The summed E-state index contributed by atoms with van der Waals surface area (Å²) in [5, 5.41) is 6.16. The van der Waals surface area contributed by atoms with Gasteiger partial charge in [0.25, 0.3) is 11.8 Å². The van der Waals surface area contributed by atoms with Gasteiger partial charge in [-0.1, -0.05) is 30.3 Å². The van der Waals surface area contributed by atoms with Crippen LogP contribution in [0.15, 0.2) is 66.7 Å². The number of H-pyrrole nitrogens is 1. The van der Waals surface area contributed by atoms with E-state index in [0.29, 0.717) is 43.2 Å². The van der Waals surface area contributed by atoms with Crippen molar-refractivity contribution in [2.24, 2.45) is 0 Å². The van der Waals surface area contributed by atoms with Gasteiger partial charge in [-0.25, -0.2) is 0 Å². The van der Waals surface area contributed by atoms with E-state index >= 15 is 0 Å². The molecule has 30 heavy (non-hydrogen) atoms. The maximum Gasteiger partial charge on any atom is 0.272 e. The lowest BCUT2D eigenvalue weighted by Crippen LogP contribution is -2.40. The average molecular weight is 399 g/mol. The van der Waals surface area contributed by atoms with Gasteiger partial charge in [0.2, 0.25) is 0 Å². The molecule has 0 aliphatic carbocycles. The molecule has 6 heteroatoms. The Labute approximate surface area is 173 Å². The number of benzene rings is 3. The zero-order chi connectivity index (χ0) is 20.5. The third kappa shape index (κ3) is 3.42. The molecule has 1 fully saturated rings. The molecule has 0 saturated carbocycles. The fourth-order valence-electron chi connectivity index (χ4n) is 3.85. The minimum atomic E-state index is -0.220. The Balaban J connectivity index is 1.34. The average Bonchev–Trinajstić information content (AvgIpc) is 3.25. The smallest absolute Gasteiger partial charge is 0.272 e. The van der Waals surface area contributed by atoms with Crippen molar-refractivity contribution in [1.29, 1.82) is 0 Å². The van der Waals surface area contributed by atoms with Crippen LogP contribution in [0.5, 0.6) is 0 Å². The molecule has 2 N–H and O–H groups in total. The molecule has 1 saturated heterocycles. The second-order valence-electron chi connectivity index (χ2n) is 7.37. The lowest BCUT2D eigenvalue weighted by atomic mass is 10.1. The number of anilines is 1. The summed E-state index contributed by atoms with van der Waals surface area (Å²) < 4.78 is 5.29. The van der Waals surface area contributed by atoms with E-state index < -0.39 is 0 Å². The van der Waals surface area contributed by atoms with Crippen LogP contribution in [0.4, 0.5) is 5.69 Å². The Morgan fingerprint density at radius 2 is 1.67 bits per heavy atom. The maximum absolute atomic E-state index is 12.8. The predicted octanol–water partition coefficient (Wildman–Crippen LogP) is 4.05. The van der Waals surface area contributed by atoms with Crippen molar-refractivity contribution in [2.75, 3.05) is 31.6 Å². The molecule has 0 radical (unpaired) electrons. The Morgan fingerprint density at radius 3 is 2.47 bits per heavy atom. The van der Waals surface area contributed by atoms with Gasteiger partial charge < -0.3 is 19.9 Å². The molecule has 3 aromatic carbocycles. The maximum atomic E-state index is 12.8. The van der Waals surface area contributed by atoms with Gasteiger partial charge in [-0.05, 0) is 47.2 Å². The summed E-state index contributed by atoms with van der Waals surface area (Å²) in [6.07, 6.45) is 0. The first-order chi connectivity index (χ1) is 14.7. The molecule has 2 heterocycles. The Kier molecular flexibility index (Phi) is 4.69. The summed E-state index contributed by atoms with van der Waals surface area (Å²) in [6.45, 7) is 2.35. The third-order valence-corrected chi connectivity index (χ3v) is 5.46. The number of aromatic nitrogens is 1. The number of fused-ring (bicyclic) bond motifs is 3. The highest BCUT2D eigenvalue weighted by Gasteiger charge is 2.18. The van der Waals surface area contributed by atoms with Crippen LogP contribution in [-0.2, 0) is 4.74 Å². The highest BCUT2D eigenvalue weighted by molar-refractivity contribution is 6.12. The Bertz CT molecular complexity index is 1240. The molecular formula is C24H21N3O3. The number of nitrogens with one attached hydrogen (secondary N) is 2. The fourth-order valence-corrected chi connectivity index (χ4v) is 3.85. The van der Waals surface area contributed by atoms with E-state index in [2.05, 4.69) is 22.4 Å². The first-order valence-corrected chi connectivity index (χ1v) is 9.98. The predicted molar refractivity (Wildman–Crippen MR) is 117 cm³/mol. The molecule has 0 spiro atoms. The molecule has 1 aliphatic rings. The quantitative estimate of drug-likeness (QED) is 0.546. The van der Waals surface area contributed by atoms with Gasteiger partial charge in [-0.15, -0.1) is 0 Å². The van der Waals surface area contributed by atoms with Gasteiger partial charge in [-0.2, -0.15) is 0 Å². The van der Waals surface area contributed by atoms with E-state index in [9.17, 15) is 9.59 Å². The van der Waals surface area contributed by atoms with Gasteiger partial charge in [0.1, 0.15) is 5.69 Å². The molecular weight excluding hydrogens is 378 g/mol. The van der Waals surface area contributed by atoms with Gasteiger partial charge in [0.05, 0.1) is 13.2 Å². The standard InChI is InChI=1S/C24H21N3O3/c28-23(22-15-20-19-4-2-1-3-16(19)7-10-21(20)26-22)25-18-8-5-17(6-9-18)24(29)27-11-13-30-14-12-27/h1-10,15,26H,11-14H2,(H,25,28). The largest absolute Gasteiger partial charge is 0.378 e. The van der Waals surface area contributed by atoms with Crippen LogP contribution in [0.2, 0.25) is 0 Å². The van der Waals surface area contributed by atoms with Gasteiger partial charge in [-0.3, -0.25) is 9.59 Å². The number of carbonyl (C=O) groups excluding carboxylic acids is 2. The summed E-state index contributed by atoms with van der Waals surface area (Å²) in [7, 11) is 0. The van der Waals surface area contributed by atoms with Crippen molar-refractivity contribution in [3.8, 4) is 0 Å². The van der Waals surface area contributed by atoms with Crippen LogP contribution in [0, 0.1) is 0 Å². The number of carbonyl (C=O) groups is 2. The van der Waals surface area contributed by atoms with Crippen LogP contribution in [-0.4, -0.2) is 48.0 Å². The van der Waals surface area contributed by atoms with Crippen molar-refractivity contribution >= 4 is 39.2 Å². The lowest BCUT2D eigenvalue weighted by molar-refractivity contribution is 0.0303. The van der Waals surface area contributed by atoms with E-state index in [1.165, 1.54) is 0 Å². The highest BCUT2D eigenvalue weighted by atomic mass is 16.5. The molecule has 5 rings (SSSR count). The molecule has 4 aromatic rings. The molecule has 150 valence electrons. The second kappa shape index (κ2) is 7.65. The first kappa shape index (κ1) is 18.4. The molecule has 0 bridgehead atoms. The SMILES string of the molecule is O=C(Nc1ccc(C(=O)N2CCOCC2)cc1)c1cc2c(ccc3ccccc32)[nH]1. The monoisotopic (exact) mass is 399 g/mol. The van der Waals surface area contributed by atoms with Crippen LogP contribution in [0.25, 0.3) is 21.7 Å². The van der Waals surface area contributed by atoms with E-state index in [1.54, 1.807) is 29.2 Å². The summed E-state index contributed by atoms with van der Waals surface area (Å²) >= 11 is 0.